The monoisotopic (exact) mass is 841 g/mol. The second-order valence-electron chi connectivity index (χ2n) is 14.9. The van der Waals surface area contributed by atoms with Crippen LogP contribution in [-0.4, -0.2) is 121 Å². The Hall–Kier alpha value is -5.11. The Morgan fingerprint density at radius 1 is 0.845 bits per heavy atom. The number of carboxylic acids is 1. The first-order valence-corrected chi connectivity index (χ1v) is 20.2. The predicted molar refractivity (Wildman–Crippen MR) is 205 cm³/mol. The van der Waals surface area contributed by atoms with Crippen molar-refractivity contribution in [1.82, 2.24) is 31.5 Å². The number of nitrogens with one attached hydrogen (secondary N) is 5. The molecule has 58 heavy (non-hydrogen) atoms. The summed E-state index contributed by atoms with van der Waals surface area (Å²) < 4.78 is 15.7. The summed E-state index contributed by atoms with van der Waals surface area (Å²) in [5.74, 6) is -7.60. The van der Waals surface area contributed by atoms with Crippen molar-refractivity contribution in [3.05, 3.63) is 29.8 Å². The number of rotatable bonds is 22. The van der Waals surface area contributed by atoms with E-state index in [2.05, 4.69) is 31.1 Å². The summed E-state index contributed by atoms with van der Waals surface area (Å²) in [5, 5.41) is 32.1. The van der Waals surface area contributed by atoms with E-state index < -0.39 is 116 Å². The first kappa shape index (κ1) is 49.0. The molecule has 21 nitrogen and oxygen atoms in total. The highest BCUT2D eigenvalue weighted by molar-refractivity contribution is 7.46. The van der Waals surface area contributed by atoms with Crippen molar-refractivity contribution in [2.24, 2.45) is 17.6 Å². The molecule has 11 N–H and O–H groups in total. The Bertz CT molecular complexity index is 1700. The molecule has 1 aliphatic heterocycles. The zero-order valence-electron chi connectivity index (χ0n) is 33.3. The van der Waals surface area contributed by atoms with E-state index in [4.69, 9.17) is 15.5 Å². The molecule has 1 heterocycles. The number of primary amides is 1. The highest BCUT2D eigenvalue weighted by atomic mass is 31.2. The van der Waals surface area contributed by atoms with Crippen LogP contribution in [-0.2, 0) is 49.3 Å². The summed E-state index contributed by atoms with van der Waals surface area (Å²) in [5.41, 5.74) is 5.85. The van der Waals surface area contributed by atoms with E-state index in [1.807, 2.05) is 0 Å². The van der Waals surface area contributed by atoms with Gasteiger partial charge in [-0.1, -0.05) is 39.8 Å². The van der Waals surface area contributed by atoms with Gasteiger partial charge in [-0.3, -0.25) is 48.1 Å². The fraction of sp³-hybridized carbons (Fsp3) is 0.611. The predicted octanol–water partition coefficient (Wildman–Crippen LogP) is -1.43. The summed E-state index contributed by atoms with van der Waals surface area (Å²) in [7, 11) is -4.82. The molecule has 1 aromatic carbocycles. The number of hydrogen-bond donors (Lipinski definition) is 10. The van der Waals surface area contributed by atoms with Crippen LogP contribution in [0, 0.1) is 11.8 Å². The number of hydrogen-bond acceptors (Lipinski definition) is 11. The minimum atomic E-state index is -4.82. The van der Waals surface area contributed by atoms with Crippen molar-refractivity contribution in [2.75, 3.05) is 6.54 Å². The van der Waals surface area contributed by atoms with Crippen molar-refractivity contribution in [1.29, 1.82) is 0 Å². The molecular formula is C36H56N7O14P. The highest BCUT2D eigenvalue weighted by Crippen LogP contribution is 2.37. The molecule has 1 aromatic rings. The smallest absolute Gasteiger partial charge is 0.481 e. The maximum absolute atomic E-state index is 14.1. The number of carboxylic acid groups (broad SMARTS) is 1. The lowest BCUT2D eigenvalue weighted by molar-refractivity contribution is -0.143. The molecule has 1 aliphatic rings. The van der Waals surface area contributed by atoms with Crippen molar-refractivity contribution in [3.63, 3.8) is 0 Å². The molecule has 324 valence electrons. The van der Waals surface area contributed by atoms with Gasteiger partial charge in [0.05, 0.1) is 6.10 Å². The lowest BCUT2D eigenvalue weighted by atomic mass is 10.00. The Kier molecular flexibility index (Phi) is 18.7. The fourth-order valence-electron chi connectivity index (χ4n) is 6.26. The van der Waals surface area contributed by atoms with E-state index in [-0.39, 0.29) is 37.5 Å². The number of aliphatic hydroxyl groups excluding tert-OH is 1. The third-order valence-corrected chi connectivity index (χ3v) is 9.50. The van der Waals surface area contributed by atoms with Crippen LogP contribution in [0.2, 0.25) is 0 Å². The fourth-order valence-corrected chi connectivity index (χ4v) is 6.65. The molecule has 1 saturated heterocycles. The number of benzene rings is 1. The summed E-state index contributed by atoms with van der Waals surface area (Å²) in [4.78, 5) is 123. The third kappa shape index (κ3) is 16.0. The second kappa shape index (κ2) is 22.2. The standard InChI is InChI=1S/C36H56N7O14P/c1-18(2)16-26(40-33(50)25(38-21(6)45)17-22-9-11-23(12-10-22)57-58(54,55)56)36(53)43-15-7-8-27(43)34(51)39-24(13-14-28(46)47)32(49)42-30(20(5)44)35(52)41-29(19(3)4)31(37)48/h9-12,18-20,24-27,29-30,44H,7-8,13-17H2,1-6H3,(H2,37,48)(H,38,45)(H,39,51)(H,40,50)(H,41,52)(H,42,49)(H,46,47)(H2,54,55,56)/t20-,24+,25-,26-,27+,29+,30+/m1/s1. The van der Waals surface area contributed by atoms with Gasteiger partial charge in [0, 0.05) is 26.3 Å². The Balaban J connectivity index is 2.30. The van der Waals surface area contributed by atoms with E-state index in [0.29, 0.717) is 12.0 Å². The van der Waals surface area contributed by atoms with Gasteiger partial charge in [-0.15, -0.1) is 0 Å². The second-order valence-corrected chi connectivity index (χ2v) is 16.1. The maximum Gasteiger partial charge on any atom is 0.524 e. The van der Waals surface area contributed by atoms with Gasteiger partial charge in [-0.05, 0) is 62.1 Å². The maximum atomic E-state index is 14.1. The number of carbonyl (C=O) groups is 8. The quantitative estimate of drug-likeness (QED) is 0.0599. The molecular weight excluding hydrogens is 785 g/mol. The lowest BCUT2D eigenvalue weighted by Crippen LogP contribution is -2.61. The van der Waals surface area contributed by atoms with Crippen LogP contribution < -0.4 is 36.8 Å². The molecule has 1 fully saturated rings. The minimum Gasteiger partial charge on any atom is -0.481 e. The van der Waals surface area contributed by atoms with Gasteiger partial charge in [0.15, 0.2) is 0 Å². The van der Waals surface area contributed by atoms with Gasteiger partial charge >= 0.3 is 13.8 Å². The summed E-state index contributed by atoms with van der Waals surface area (Å²) in [6.45, 7) is 9.31. The number of phosphoric ester groups is 1. The van der Waals surface area contributed by atoms with E-state index in [9.17, 15) is 53.1 Å². The van der Waals surface area contributed by atoms with Gasteiger partial charge in [0.2, 0.25) is 41.4 Å². The topological polar surface area (TPSA) is 333 Å². The minimum absolute atomic E-state index is 0.0836. The number of likely N-dealkylation sites (tertiary alicyclic amines) is 1. The van der Waals surface area contributed by atoms with Crippen LogP contribution in [0.4, 0.5) is 0 Å². The molecule has 7 amide bonds. The third-order valence-electron chi connectivity index (χ3n) is 9.06. The number of phosphoric acid groups is 1. The summed E-state index contributed by atoms with van der Waals surface area (Å²) in [6, 6.07) is -2.43. The molecule has 0 spiro atoms. The summed E-state index contributed by atoms with van der Waals surface area (Å²) >= 11 is 0. The van der Waals surface area contributed by atoms with Gasteiger partial charge < -0.3 is 52.0 Å². The van der Waals surface area contributed by atoms with E-state index >= 15 is 0 Å². The first-order chi connectivity index (χ1) is 26.9. The number of amides is 7. The average molecular weight is 842 g/mol. The van der Waals surface area contributed by atoms with Gasteiger partial charge in [-0.2, -0.15) is 0 Å². The molecule has 0 aromatic heterocycles. The molecule has 0 unspecified atom stereocenters. The SMILES string of the molecule is CC(=O)N[C@H](Cc1ccc(OP(=O)(O)O)cc1)C(=O)N[C@H](CC(C)C)C(=O)N1CCC[C@H]1C(=O)N[C@@H](CCC(=O)O)C(=O)N[C@H](C(=O)N[C@H](C(N)=O)C(C)C)[C@@H](C)O. The van der Waals surface area contributed by atoms with Crippen LogP contribution >= 0.6 is 7.82 Å². The van der Waals surface area contributed by atoms with Crippen LogP contribution in [0.3, 0.4) is 0 Å². The van der Waals surface area contributed by atoms with E-state index in [1.165, 1.54) is 43.0 Å². The molecule has 2 rings (SSSR count). The molecule has 0 radical (unpaired) electrons. The average Bonchev–Trinajstić information content (AvgIpc) is 3.59. The molecule has 0 bridgehead atoms. The van der Waals surface area contributed by atoms with Gasteiger partial charge in [-0.25, -0.2) is 4.57 Å². The van der Waals surface area contributed by atoms with Crippen LogP contribution in [0.1, 0.15) is 79.2 Å². The Morgan fingerprint density at radius 2 is 1.43 bits per heavy atom. The lowest BCUT2D eigenvalue weighted by Gasteiger charge is -2.31. The number of nitrogens with zero attached hydrogens (tertiary/aromatic N) is 1. The molecule has 0 aliphatic carbocycles. The Labute approximate surface area is 335 Å². The van der Waals surface area contributed by atoms with E-state index in [1.54, 1.807) is 27.7 Å². The zero-order chi connectivity index (χ0) is 44.1. The number of aliphatic hydroxyl groups is 1. The molecule has 22 heteroatoms. The van der Waals surface area contributed by atoms with Gasteiger partial charge in [0.1, 0.15) is 42.0 Å². The van der Waals surface area contributed by atoms with Crippen LogP contribution in [0.15, 0.2) is 24.3 Å². The van der Waals surface area contributed by atoms with Crippen LogP contribution in [0.5, 0.6) is 5.75 Å². The summed E-state index contributed by atoms with van der Waals surface area (Å²) in [6.07, 6.45) is -1.99. The van der Waals surface area contributed by atoms with Crippen LogP contribution in [0.25, 0.3) is 0 Å². The van der Waals surface area contributed by atoms with Crippen molar-refractivity contribution >= 4 is 55.1 Å². The normalized spacial score (nSPS) is 17.2. The molecule has 0 saturated carbocycles. The van der Waals surface area contributed by atoms with E-state index in [0.717, 1.165) is 0 Å². The largest absolute Gasteiger partial charge is 0.524 e. The Morgan fingerprint density at radius 3 is 1.93 bits per heavy atom. The number of aliphatic carboxylic acids is 1. The van der Waals surface area contributed by atoms with Crippen molar-refractivity contribution < 1.29 is 67.4 Å². The van der Waals surface area contributed by atoms with Crippen molar-refractivity contribution in [3.8, 4) is 5.75 Å². The van der Waals surface area contributed by atoms with Gasteiger partial charge in [0.25, 0.3) is 0 Å². The zero-order valence-corrected chi connectivity index (χ0v) is 34.2. The molecule has 7 atom stereocenters. The first-order valence-electron chi connectivity index (χ1n) is 18.7. The number of nitrogens with two attached hydrogens (primary N) is 1. The van der Waals surface area contributed by atoms with Crippen molar-refractivity contribution in [2.45, 2.75) is 122 Å². The number of carbonyl (C=O) groups excluding carboxylic acids is 7. The highest BCUT2D eigenvalue weighted by Gasteiger charge is 2.40.